The molecule has 1 aliphatic rings. The number of hydrogen-bond acceptors (Lipinski definition) is 4. The zero-order valence-electron chi connectivity index (χ0n) is 12.0. The summed E-state index contributed by atoms with van der Waals surface area (Å²) in [6, 6.07) is 0. The van der Waals surface area contributed by atoms with Gasteiger partial charge in [0.1, 0.15) is 0 Å². The normalized spacial score (nSPS) is 17.4. The molecule has 7 nitrogen and oxygen atoms in total. The Labute approximate surface area is 119 Å². The van der Waals surface area contributed by atoms with Crippen molar-refractivity contribution in [3.8, 4) is 0 Å². The second-order valence-electron chi connectivity index (χ2n) is 5.37. The minimum absolute atomic E-state index is 0.182. The van der Waals surface area contributed by atoms with E-state index in [9.17, 15) is 14.4 Å². The lowest BCUT2D eigenvalue weighted by molar-refractivity contribution is -0.148. The summed E-state index contributed by atoms with van der Waals surface area (Å²) in [5, 5.41) is 3.22. The van der Waals surface area contributed by atoms with Gasteiger partial charge in [0, 0.05) is 0 Å². The Kier molecular flexibility index (Phi) is 5.94. The minimum Gasteiger partial charge on any atom is -0.368 e. The molecule has 0 atom stereocenters. The number of hydrogen-bond donors (Lipinski definition) is 3. The van der Waals surface area contributed by atoms with Crippen LogP contribution >= 0.6 is 0 Å². The molecule has 5 N–H and O–H groups in total. The van der Waals surface area contributed by atoms with E-state index in [0.29, 0.717) is 12.8 Å². The molecule has 20 heavy (non-hydrogen) atoms. The minimum atomic E-state index is -0.639. The van der Waals surface area contributed by atoms with Crippen molar-refractivity contribution >= 4 is 17.7 Å². The zero-order valence-corrected chi connectivity index (χ0v) is 12.0. The Bertz CT molecular complexity index is 356. The van der Waals surface area contributed by atoms with E-state index in [0.717, 1.165) is 25.9 Å². The van der Waals surface area contributed by atoms with E-state index in [4.69, 9.17) is 11.5 Å². The lowest BCUT2D eigenvalue weighted by Crippen LogP contribution is -2.53. The molecule has 1 saturated heterocycles. The molecular formula is C13H24N4O3. The van der Waals surface area contributed by atoms with Crippen LogP contribution in [0.2, 0.25) is 0 Å². The average molecular weight is 284 g/mol. The largest absolute Gasteiger partial charge is 0.368 e. The molecule has 1 heterocycles. The monoisotopic (exact) mass is 284 g/mol. The molecule has 0 aromatic heterocycles. The number of carbonyl (C=O) groups excluding carboxylic acids is 3. The average Bonchev–Trinajstić information content (AvgIpc) is 2.37. The van der Waals surface area contributed by atoms with Crippen molar-refractivity contribution in [3.63, 3.8) is 0 Å². The molecule has 0 unspecified atom stereocenters. The van der Waals surface area contributed by atoms with Crippen LogP contribution in [0.4, 0.5) is 0 Å². The van der Waals surface area contributed by atoms with Gasteiger partial charge in [-0.2, -0.15) is 0 Å². The number of piperidine rings is 1. The summed E-state index contributed by atoms with van der Waals surface area (Å²) in [6.07, 6.45) is 3.01. The third-order valence-corrected chi connectivity index (χ3v) is 3.72. The van der Waals surface area contributed by atoms with Gasteiger partial charge in [-0.05, 0) is 32.4 Å². The Hall–Kier alpha value is -1.63. The lowest BCUT2D eigenvalue weighted by Gasteiger charge is -2.39. The SMILES string of the molecule is CCCC1(C(=O)N(CC(N)=O)CC(N)=O)CCNCC1. The fourth-order valence-electron chi connectivity index (χ4n) is 2.87. The molecule has 1 fully saturated rings. The molecule has 7 heteroatoms. The van der Waals surface area contributed by atoms with Crippen LogP contribution in [0.25, 0.3) is 0 Å². The van der Waals surface area contributed by atoms with Crippen molar-refractivity contribution in [2.75, 3.05) is 26.2 Å². The highest BCUT2D eigenvalue weighted by Gasteiger charge is 2.41. The van der Waals surface area contributed by atoms with Gasteiger partial charge in [-0.15, -0.1) is 0 Å². The Morgan fingerprint density at radius 2 is 1.60 bits per heavy atom. The van der Waals surface area contributed by atoms with Gasteiger partial charge in [-0.25, -0.2) is 0 Å². The third-order valence-electron chi connectivity index (χ3n) is 3.72. The topological polar surface area (TPSA) is 119 Å². The summed E-state index contributed by atoms with van der Waals surface area (Å²) in [5.74, 6) is -1.46. The van der Waals surface area contributed by atoms with Gasteiger partial charge in [0.15, 0.2) is 0 Å². The van der Waals surface area contributed by atoms with E-state index < -0.39 is 17.2 Å². The second kappa shape index (κ2) is 7.23. The molecule has 0 aromatic carbocycles. The highest BCUT2D eigenvalue weighted by molar-refractivity contribution is 5.91. The number of rotatable bonds is 7. The van der Waals surface area contributed by atoms with Crippen LogP contribution in [0.3, 0.4) is 0 Å². The summed E-state index contributed by atoms with van der Waals surface area (Å²) in [6.45, 7) is 3.00. The number of amides is 3. The molecule has 3 amide bonds. The third kappa shape index (κ3) is 4.19. The molecule has 0 aromatic rings. The van der Waals surface area contributed by atoms with Gasteiger partial charge in [-0.3, -0.25) is 14.4 Å². The summed E-state index contributed by atoms with van der Waals surface area (Å²) in [7, 11) is 0. The van der Waals surface area contributed by atoms with Crippen molar-refractivity contribution in [2.45, 2.75) is 32.6 Å². The van der Waals surface area contributed by atoms with E-state index in [1.54, 1.807) is 0 Å². The lowest BCUT2D eigenvalue weighted by atomic mass is 9.74. The number of carbonyl (C=O) groups is 3. The van der Waals surface area contributed by atoms with Crippen LogP contribution in [-0.2, 0) is 14.4 Å². The molecule has 114 valence electrons. The van der Waals surface area contributed by atoms with Gasteiger partial charge >= 0.3 is 0 Å². The molecule has 0 spiro atoms. The second-order valence-corrected chi connectivity index (χ2v) is 5.37. The van der Waals surface area contributed by atoms with Crippen LogP contribution in [-0.4, -0.2) is 48.8 Å². The van der Waals surface area contributed by atoms with Gasteiger partial charge in [-0.1, -0.05) is 13.3 Å². The van der Waals surface area contributed by atoms with Gasteiger partial charge in [0.05, 0.1) is 18.5 Å². The van der Waals surface area contributed by atoms with Crippen LogP contribution in [0.5, 0.6) is 0 Å². The Morgan fingerprint density at radius 3 is 2.00 bits per heavy atom. The van der Waals surface area contributed by atoms with Crippen LogP contribution in [0.15, 0.2) is 0 Å². The van der Waals surface area contributed by atoms with E-state index in [-0.39, 0.29) is 19.0 Å². The van der Waals surface area contributed by atoms with Gasteiger partial charge < -0.3 is 21.7 Å². The van der Waals surface area contributed by atoms with E-state index >= 15 is 0 Å². The van der Waals surface area contributed by atoms with Gasteiger partial charge in [0.2, 0.25) is 17.7 Å². The molecular weight excluding hydrogens is 260 g/mol. The predicted molar refractivity (Wildman–Crippen MR) is 74.4 cm³/mol. The molecule has 0 saturated carbocycles. The van der Waals surface area contributed by atoms with Crippen molar-refractivity contribution in [2.24, 2.45) is 16.9 Å². The van der Waals surface area contributed by atoms with E-state index in [2.05, 4.69) is 5.32 Å². The quantitative estimate of drug-likeness (QED) is 0.553. The highest BCUT2D eigenvalue weighted by atomic mass is 16.2. The summed E-state index contributed by atoms with van der Waals surface area (Å²) >= 11 is 0. The van der Waals surface area contributed by atoms with E-state index in [1.165, 1.54) is 4.90 Å². The molecule has 0 radical (unpaired) electrons. The summed E-state index contributed by atoms with van der Waals surface area (Å²) < 4.78 is 0. The fraction of sp³-hybridized carbons (Fsp3) is 0.769. The highest BCUT2D eigenvalue weighted by Crippen LogP contribution is 2.36. The fourth-order valence-corrected chi connectivity index (χ4v) is 2.87. The number of nitrogens with two attached hydrogens (primary N) is 2. The number of nitrogens with one attached hydrogen (secondary N) is 1. The number of nitrogens with zero attached hydrogens (tertiary/aromatic N) is 1. The van der Waals surface area contributed by atoms with Crippen LogP contribution in [0.1, 0.15) is 32.6 Å². The zero-order chi connectivity index (χ0) is 15.2. The van der Waals surface area contributed by atoms with Crippen LogP contribution < -0.4 is 16.8 Å². The van der Waals surface area contributed by atoms with Crippen molar-refractivity contribution in [1.82, 2.24) is 10.2 Å². The van der Waals surface area contributed by atoms with E-state index in [1.807, 2.05) is 6.92 Å². The molecule has 1 rings (SSSR count). The summed E-state index contributed by atoms with van der Waals surface area (Å²) in [5.41, 5.74) is 9.80. The van der Waals surface area contributed by atoms with Crippen LogP contribution in [0, 0.1) is 5.41 Å². The molecule has 0 bridgehead atoms. The number of primary amides is 2. The van der Waals surface area contributed by atoms with Crippen molar-refractivity contribution < 1.29 is 14.4 Å². The first-order valence-corrected chi connectivity index (χ1v) is 6.98. The predicted octanol–water partition coefficient (Wildman–Crippen LogP) is -1.04. The first-order chi connectivity index (χ1) is 9.41. The first-order valence-electron chi connectivity index (χ1n) is 6.98. The summed E-state index contributed by atoms with van der Waals surface area (Å²) in [4.78, 5) is 36.2. The maximum Gasteiger partial charge on any atom is 0.237 e. The smallest absolute Gasteiger partial charge is 0.237 e. The first kappa shape index (κ1) is 16.4. The van der Waals surface area contributed by atoms with Gasteiger partial charge in [0.25, 0.3) is 0 Å². The van der Waals surface area contributed by atoms with Crippen molar-refractivity contribution in [3.05, 3.63) is 0 Å². The Morgan fingerprint density at radius 1 is 1.10 bits per heavy atom. The van der Waals surface area contributed by atoms with Crippen molar-refractivity contribution in [1.29, 1.82) is 0 Å². The molecule has 0 aliphatic carbocycles. The molecule has 1 aliphatic heterocycles. The Balaban J connectivity index is 2.92. The maximum atomic E-state index is 12.8. The maximum absolute atomic E-state index is 12.8. The standard InChI is InChI=1S/C13H24N4O3/c1-2-3-13(4-6-16-7-5-13)12(20)17(8-10(14)18)9-11(15)19/h16H,2-9H2,1H3,(H2,14,18)(H2,15,19).